The summed E-state index contributed by atoms with van der Waals surface area (Å²) in [4.78, 5) is 6.15. The third-order valence-electron chi connectivity index (χ3n) is 3.05. The van der Waals surface area contributed by atoms with Gasteiger partial charge in [-0.15, -0.1) is 0 Å². The van der Waals surface area contributed by atoms with Crippen molar-refractivity contribution in [3.05, 3.63) is 23.8 Å². The molecule has 1 aromatic carbocycles. The van der Waals surface area contributed by atoms with Gasteiger partial charge in [0.25, 0.3) is 6.01 Å². The standard InChI is InChI=1S/C12H13F2N3O/c13-8-2-3-9-11(10(8)14)18-12(16-9)17-6-1-4-15-5-7-17/h2-3,15H,1,4-7H2. The van der Waals surface area contributed by atoms with Crippen LogP contribution < -0.4 is 10.2 Å². The highest BCUT2D eigenvalue weighted by Gasteiger charge is 2.19. The number of nitrogens with zero attached hydrogens (tertiary/aromatic N) is 2. The van der Waals surface area contributed by atoms with Crippen LogP contribution in [0.4, 0.5) is 14.8 Å². The first kappa shape index (κ1) is 11.4. The van der Waals surface area contributed by atoms with Crippen LogP contribution in [0.25, 0.3) is 11.1 Å². The maximum atomic E-state index is 13.5. The summed E-state index contributed by atoms with van der Waals surface area (Å²) >= 11 is 0. The maximum absolute atomic E-state index is 13.5. The van der Waals surface area contributed by atoms with Crippen molar-refractivity contribution in [2.45, 2.75) is 6.42 Å². The summed E-state index contributed by atoms with van der Waals surface area (Å²) in [5.41, 5.74) is 0.239. The van der Waals surface area contributed by atoms with E-state index in [1.165, 1.54) is 6.07 Å². The average molecular weight is 253 g/mol. The molecule has 0 atom stereocenters. The number of hydrogen-bond acceptors (Lipinski definition) is 4. The van der Waals surface area contributed by atoms with E-state index in [0.717, 1.165) is 38.7 Å². The molecule has 2 aromatic rings. The Labute approximate surface area is 103 Å². The van der Waals surface area contributed by atoms with Gasteiger partial charge in [0, 0.05) is 19.6 Å². The lowest BCUT2D eigenvalue weighted by Crippen LogP contribution is -2.27. The van der Waals surface area contributed by atoms with Gasteiger partial charge in [0.2, 0.25) is 5.82 Å². The minimum absolute atomic E-state index is 0.109. The Kier molecular flexibility index (Phi) is 2.87. The monoisotopic (exact) mass is 253 g/mol. The minimum atomic E-state index is -0.973. The van der Waals surface area contributed by atoms with Crippen molar-refractivity contribution in [3.8, 4) is 0 Å². The Morgan fingerprint density at radius 1 is 1.22 bits per heavy atom. The number of benzene rings is 1. The van der Waals surface area contributed by atoms with E-state index in [-0.39, 0.29) is 5.58 Å². The summed E-state index contributed by atoms with van der Waals surface area (Å²) in [7, 11) is 0. The van der Waals surface area contributed by atoms with E-state index in [9.17, 15) is 8.78 Å². The first-order valence-corrected chi connectivity index (χ1v) is 5.96. The van der Waals surface area contributed by atoms with E-state index in [1.54, 1.807) is 0 Å². The van der Waals surface area contributed by atoms with Crippen molar-refractivity contribution < 1.29 is 13.2 Å². The second-order valence-corrected chi connectivity index (χ2v) is 4.30. The van der Waals surface area contributed by atoms with Crippen molar-refractivity contribution in [3.63, 3.8) is 0 Å². The van der Waals surface area contributed by atoms with Crippen LogP contribution in [0.5, 0.6) is 0 Å². The minimum Gasteiger partial charge on any atom is -0.420 e. The second kappa shape index (κ2) is 4.53. The SMILES string of the molecule is Fc1ccc2nc(N3CCCNCC3)oc2c1F. The fourth-order valence-corrected chi connectivity index (χ4v) is 2.10. The Morgan fingerprint density at radius 2 is 2.11 bits per heavy atom. The zero-order valence-corrected chi connectivity index (χ0v) is 9.75. The van der Waals surface area contributed by atoms with E-state index in [1.807, 2.05) is 4.90 Å². The number of fused-ring (bicyclic) bond motifs is 1. The second-order valence-electron chi connectivity index (χ2n) is 4.30. The molecule has 3 rings (SSSR count). The third kappa shape index (κ3) is 1.92. The van der Waals surface area contributed by atoms with Gasteiger partial charge in [0.15, 0.2) is 11.4 Å². The van der Waals surface area contributed by atoms with Crippen LogP contribution in [0.1, 0.15) is 6.42 Å². The van der Waals surface area contributed by atoms with Crippen molar-refractivity contribution in [2.24, 2.45) is 0 Å². The fourth-order valence-electron chi connectivity index (χ4n) is 2.10. The Morgan fingerprint density at radius 3 is 3.00 bits per heavy atom. The molecular formula is C12H13F2N3O. The van der Waals surface area contributed by atoms with Gasteiger partial charge >= 0.3 is 0 Å². The molecule has 0 unspecified atom stereocenters. The number of nitrogens with one attached hydrogen (secondary N) is 1. The number of anilines is 1. The molecule has 0 spiro atoms. The van der Waals surface area contributed by atoms with Crippen LogP contribution in [0.2, 0.25) is 0 Å². The lowest BCUT2D eigenvalue weighted by atomic mass is 10.3. The summed E-state index contributed by atoms with van der Waals surface area (Å²) in [6.07, 6.45) is 0.968. The largest absolute Gasteiger partial charge is 0.420 e. The molecule has 18 heavy (non-hydrogen) atoms. The third-order valence-corrected chi connectivity index (χ3v) is 3.05. The molecule has 1 fully saturated rings. The van der Waals surface area contributed by atoms with Crippen molar-refractivity contribution in [2.75, 3.05) is 31.1 Å². The molecule has 1 N–H and O–H groups in total. The summed E-state index contributed by atoms with van der Waals surface area (Å²) in [5.74, 6) is -1.89. The molecule has 0 amide bonds. The first-order chi connectivity index (χ1) is 8.75. The molecule has 0 radical (unpaired) electrons. The quantitative estimate of drug-likeness (QED) is 0.843. The summed E-state index contributed by atoms with van der Waals surface area (Å²) < 4.78 is 31.9. The molecule has 1 aromatic heterocycles. The average Bonchev–Trinajstić information content (AvgIpc) is 2.62. The smallest absolute Gasteiger partial charge is 0.298 e. The zero-order chi connectivity index (χ0) is 12.5. The van der Waals surface area contributed by atoms with Gasteiger partial charge < -0.3 is 14.6 Å². The summed E-state index contributed by atoms with van der Waals surface area (Å²) in [6, 6.07) is 2.85. The van der Waals surface area contributed by atoms with Gasteiger partial charge in [-0.05, 0) is 25.1 Å². The normalized spacial score (nSPS) is 17.1. The molecule has 1 saturated heterocycles. The number of aromatic nitrogens is 1. The Bertz CT molecular complexity index is 562. The van der Waals surface area contributed by atoms with E-state index < -0.39 is 11.6 Å². The molecule has 0 aliphatic carbocycles. The number of oxazole rings is 1. The van der Waals surface area contributed by atoms with Crippen LogP contribution in [0, 0.1) is 11.6 Å². The van der Waals surface area contributed by atoms with Crippen LogP contribution in [-0.4, -0.2) is 31.2 Å². The molecule has 0 saturated carbocycles. The van der Waals surface area contributed by atoms with Gasteiger partial charge in [-0.1, -0.05) is 0 Å². The highest BCUT2D eigenvalue weighted by molar-refractivity contribution is 5.75. The molecule has 1 aliphatic heterocycles. The Hall–Kier alpha value is -1.69. The lowest BCUT2D eigenvalue weighted by molar-refractivity contribution is 0.488. The number of halogens is 2. The predicted molar refractivity (Wildman–Crippen MR) is 63.6 cm³/mol. The molecule has 4 nitrogen and oxygen atoms in total. The molecule has 1 aliphatic rings. The molecular weight excluding hydrogens is 240 g/mol. The van der Waals surface area contributed by atoms with Gasteiger partial charge in [-0.3, -0.25) is 0 Å². The van der Waals surface area contributed by atoms with Gasteiger partial charge in [0.1, 0.15) is 5.52 Å². The van der Waals surface area contributed by atoms with E-state index in [4.69, 9.17) is 4.42 Å². The lowest BCUT2D eigenvalue weighted by Gasteiger charge is -2.16. The molecule has 0 bridgehead atoms. The van der Waals surface area contributed by atoms with Crippen LogP contribution in [0.15, 0.2) is 16.5 Å². The topological polar surface area (TPSA) is 41.3 Å². The van der Waals surface area contributed by atoms with E-state index in [0.29, 0.717) is 11.5 Å². The highest BCUT2D eigenvalue weighted by atomic mass is 19.2. The molecule has 2 heterocycles. The van der Waals surface area contributed by atoms with Crippen molar-refractivity contribution in [1.82, 2.24) is 10.3 Å². The van der Waals surface area contributed by atoms with Crippen LogP contribution in [0.3, 0.4) is 0 Å². The summed E-state index contributed by atoms with van der Waals surface area (Å²) in [5, 5.41) is 3.26. The van der Waals surface area contributed by atoms with Crippen molar-refractivity contribution in [1.29, 1.82) is 0 Å². The predicted octanol–water partition coefficient (Wildman–Crippen LogP) is 1.91. The van der Waals surface area contributed by atoms with Crippen LogP contribution >= 0.6 is 0 Å². The van der Waals surface area contributed by atoms with E-state index in [2.05, 4.69) is 10.3 Å². The van der Waals surface area contributed by atoms with Gasteiger partial charge in [-0.25, -0.2) is 4.39 Å². The first-order valence-electron chi connectivity index (χ1n) is 5.96. The molecule has 6 heteroatoms. The van der Waals surface area contributed by atoms with Gasteiger partial charge in [-0.2, -0.15) is 9.37 Å². The van der Waals surface area contributed by atoms with Gasteiger partial charge in [0.05, 0.1) is 0 Å². The number of hydrogen-bond donors (Lipinski definition) is 1. The fraction of sp³-hybridized carbons (Fsp3) is 0.417. The zero-order valence-electron chi connectivity index (χ0n) is 9.75. The van der Waals surface area contributed by atoms with Crippen molar-refractivity contribution >= 4 is 17.1 Å². The van der Waals surface area contributed by atoms with Crippen LogP contribution in [-0.2, 0) is 0 Å². The number of rotatable bonds is 1. The summed E-state index contributed by atoms with van der Waals surface area (Å²) in [6.45, 7) is 3.32. The van der Waals surface area contributed by atoms with E-state index >= 15 is 0 Å². The Balaban J connectivity index is 1.99. The molecule has 96 valence electrons. The highest BCUT2D eigenvalue weighted by Crippen LogP contribution is 2.25. The maximum Gasteiger partial charge on any atom is 0.298 e.